The van der Waals surface area contributed by atoms with Crippen LogP contribution in [0.15, 0.2) is 12.2 Å². The molecule has 0 amide bonds. The Balaban J connectivity index is 3.10. The molecule has 0 aliphatic carbocycles. The van der Waals surface area contributed by atoms with E-state index in [4.69, 9.17) is 38.0 Å². The third-order valence-corrected chi connectivity index (χ3v) is 8.06. The summed E-state index contributed by atoms with van der Waals surface area (Å²) in [6.07, 6.45) is 23.4. The van der Waals surface area contributed by atoms with Gasteiger partial charge in [0.25, 0.3) is 0 Å². The van der Waals surface area contributed by atoms with Crippen molar-refractivity contribution < 1.29 is 9.53 Å². The SMILES string of the molecule is C=C(C)C(=O)OCCCCCCCCCCCCCCCCCCCC[Si](Cl)(Cl)Cl. The van der Waals surface area contributed by atoms with Gasteiger partial charge in [-0.2, -0.15) is 0 Å². The van der Waals surface area contributed by atoms with Gasteiger partial charge >= 0.3 is 12.0 Å². The summed E-state index contributed by atoms with van der Waals surface area (Å²) in [6, 6.07) is -1.56. The minimum absolute atomic E-state index is 0.263. The molecule has 0 atom stereocenters. The molecule has 0 spiro atoms. The van der Waals surface area contributed by atoms with Gasteiger partial charge in [-0.25, -0.2) is 4.79 Å². The van der Waals surface area contributed by atoms with Crippen LogP contribution < -0.4 is 0 Å². The number of carbonyl (C=O) groups excluding carboxylic acids is 1. The van der Waals surface area contributed by atoms with Crippen LogP contribution in [0.5, 0.6) is 0 Å². The highest BCUT2D eigenvalue weighted by Crippen LogP contribution is 2.27. The number of esters is 1. The van der Waals surface area contributed by atoms with Gasteiger partial charge in [0.05, 0.1) is 6.61 Å². The maximum Gasteiger partial charge on any atom is 0.341 e. The smallest absolute Gasteiger partial charge is 0.341 e. The Labute approximate surface area is 201 Å². The lowest BCUT2D eigenvalue weighted by atomic mass is 10.0. The summed E-state index contributed by atoms with van der Waals surface area (Å²) < 4.78 is 5.10. The second-order valence-corrected chi connectivity index (χ2v) is 17.9. The summed E-state index contributed by atoms with van der Waals surface area (Å²) in [6.45, 7) is 5.80. The van der Waals surface area contributed by atoms with E-state index in [-0.39, 0.29) is 5.97 Å². The van der Waals surface area contributed by atoms with E-state index in [2.05, 4.69) is 6.58 Å². The Morgan fingerprint density at radius 1 is 0.633 bits per heavy atom. The van der Waals surface area contributed by atoms with E-state index < -0.39 is 6.00 Å². The van der Waals surface area contributed by atoms with Crippen LogP contribution in [0.25, 0.3) is 0 Å². The van der Waals surface area contributed by atoms with Crippen LogP contribution in [0.1, 0.15) is 122 Å². The van der Waals surface area contributed by atoms with E-state index in [0.29, 0.717) is 12.2 Å². The molecule has 0 aliphatic heterocycles. The number of hydrogen-bond acceptors (Lipinski definition) is 2. The topological polar surface area (TPSA) is 26.3 Å². The fourth-order valence-corrected chi connectivity index (χ4v) is 5.40. The average Bonchev–Trinajstić information content (AvgIpc) is 2.68. The van der Waals surface area contributed by atoms with E-state index in [1.165, 1.54) is 96.3 Å². The van der Waals surface area contributed by atoms with Crippen LogP contribution in [0.2, 0.25) is 6.04 Å². The minimum atomic E-state index is -2.38. The molecule has 0 unspecified atom stereocenters. The van der Waals surface area contributed by atoms with Gasteiger partial charge in [-0.15, -0.1) is 33.2 Å². The summed E-state index contributed by atoms with van der Waals surface area (Å²) in [4.78, 5) is 11.2. The van der Waals surface area contributed by atoms with E-state index in [0.717, 1.165) is 25.3 Å². The lowest BCUT2D eigenvalue weighted by Crippen LogP contribution is -2.07. The fourth-order valence-electron chi connectivity index (χ4n) is 3.54. The van der Waals surface area contributed by atoms with Crippen molar-refractivity contribution in [2.75, 3.05) is 6.61 Å². The molecule has 0 fully saturated rings. The molecular weight excluding hydrogens is 455 g/mol. The van der Waals surface area contributed by atoms with Gasteiger partial charge in [0.1, 0.15) is 0 Å². The van der Waals surface area contributed by atoms with Crippen molar-refractivity contribution in [3.63, 3.8) is 0 Å². The lowest BCUT2D eigenvalue weighted by Gasteiger charge is -2.07. The van der Waals surface area contributed by atoms with E-state index >= 15 is 0 Å². The maximum atomic E-state index is 11.2. The van der Waals surface area contributed by atoms with Crippen molar-refractivity contribution in [2.24, 2.45) is 0 Å². The highest BCUT2D eigenvalue weighted by Gasteiger charge is 2.23. The first kappa shape index (κ1) is 30.3. The number of rotatable bonds is 22. The molecule has 30 heavy (non-hydrogen) atoms. The van der Waals surface area contributed by atoms with E-state index in [1.54, 1.807) is 6.92 Å². The molecule has 0 N–H and O–H groups in total. The maximum absolute atomic E-state index is 11.2. The Kier molecular flexibility index (Phi) is 21.4. The van der Waals surface area contributed by atoms with Crippen molar-refractivity contribution in [3.05, 3.63) is 12.2 Å². The molecule has 0 bridgehead atoms. The molecule has 2 nitrogen and oxygen atoms in total. The first-order chi connectivity index (χ1) is 14.3. The predicted octanol–water partition coefficient (Wildman–Crippen LogP) is 9.78. The van der Waals surface area contributed by atoms with Gasteiger partial charge in [0.2, 0.25) is 0 Å². The van der Waals surface area contributed by atoms with Crippen molar-refractivity contribution in [2.45, 2.75) is 129 Å². The van der Waals surface area contributed by atoms with Crippen LogP contribution in [0, 0.1) is 0 Å². The lowest BCUT2D eigenvalue weighted by molar-refractivity contribution is -0.139. The second kappa shape index (κ2) is 21.2. The van der Waals surface area contributed by atoms with Crippen molar-refractivity contribution in [3.8, 4) is 0 Å². The van der Waals surface area contributed by atoms with Crippen LogP contribution in [0.3, 0.4) is 0 Å². The Morgan fingerprint density at radius 2 is 0.933 bits per heavy atom. The molecule has 0 heterocycles. The van der Waals surface area contributed by atoms with Crippen LogP contribution >= 0.6 is 33.2 Å². The van der Waals surface area contributed by atoms with Crippen molar-refractivity contribution in [1.82, 2.24) is 0 Å². The molecular formula is C24H45Cl3O2Si. The molecule has 0 aromatic rings. The normalized spacial score (nSPS) is 11.6. The highest BCUT2D eigenvalue weighted by atomic mass is 35.8. The summed E-state index contributed by atoms with van der Waals surface area (Å²) in [5.74, 6) is -0.263. The van der Waals surface area contributed by atoms with Gasteiger partial charge in [0, 0.05) is 5.57 Å². The number of hydrogen-bond donors (Lipinski definition) is 0. The van der Waals surface area contributed by atoms with Gasteiger partial charge in [-0.1, -0.05) is 116 Å². The van der Waals surface area contributed by atoms with Crippen molar-refractivity contribution >= 4 is 45.2 Å². The summed E-state index contributed by atoms with van der Waals surface area (Å²) in [5.41, 5.74) is 0.484. The molecule has 6 heteroatoms. The molecule has 0 aliphatic rings. The standard InChI is InChI=1S/C24H45Cl3O2Si/c1-23(2)24(28)29-21-19-17-15-13-11-9-7-5-3-4-6-8-10-12-14-16-18-20-22-30(25,26)27/h1,3-22H2,2H3. The van der Waals surface area contributed by atoms with Crippen LogP contribution in [-0.2, 0) is 9.53 Å². The number of halogens is 3. The largest absolute Gasteiger partial charge is 0.462 e. The molecule has 178 valence electrons. The van der Waals surface area contributed by atoms with Gasteiger partial charge in [-0.05, 0) is 19.4 Å². The number of unbranched alkanes of at least 4 members (excludes halogenated alkanes) is 17. The van der Waals surface area contributed by atoms with Gasteiger partial charge < -0.3 is 4.74 Å². The van der Waals surface area contributed by atoms with Crippen LogP contribution in [0.4, 0.5) is 0 Å². The monoisotopic (exact) mass is 498 g/mol. The third kappa shape index (κ3) is 24.6. The first-order valence-corrected chi connectivity index (χ1v) is 17.5. The average molecular weight is 500 g/mol. The quantitative estimate of drug-likeness (QED) is 0.0487. The molecule has 0 aromatic carbocycles. The van der Waals surface area contributed by atoms with E-state index in [9.17, 15) is 4.79 Å². The molecule has 0 saturated carbocycles. The van der Waals surface area contributed by atoms with Crippen molar-refractivity contribution in [1.29, 1.82) is 0 Å². The zero-order valence-corrected chi connectivity index (χ0v) is 22.6. The third-order valence-electron chi connectivity index (χ3n) is 5.44. The number of carbonyl (C=O) groups is 1. The zero-order chi connectivity index (χ0) is 22.5. The van der Waals surface area contributed by atoms with E-state index in [1.807, 2.05) is 0 Å². The molecule has 0 aromatic heterocycles. The summed E-state index contributed by atoms with van der Waals surface area (Å²) in [5, 5.41) is 0. The molecule has 0 rings (SSSR count). The number of ether oxygens (including phenoxy) is 1. The Bertz CT molecular complexity index is 425. The fraction of sp³-hybridized carbons (Fsp3) is 0.875. The zero-order valence-electron chi connectivity index (χ0n) is 19.3. The van der Waals surface area contributed by atoms with Gasteiger partial charge in [-0.3, -0.25) is 0 Å². The second-order valence-electron chi connectivity index (χ2n) is 8.65. The molecule has 0 saturated heterocycles. The molecule has 0 radical (unpaired) electrons. The first-order valence-electron chi connectivity index (χ1n) is 12.2. The summed E-state index contributed by atoms with van der Waals surface area (Å²) in [7, 11) is 0. The predicted molar refractivity (Wildman–Crippen MR) is 137 cm³/mol. The minimum Gasteiger partial charge on any atom is -0.462 e. The Hall–Kier alpha value is 0.297. The van der Waals surface area contributed by atoms with Gasteiger partial charge in [0.15, 0.2) is 0 Å². The summed E-state index contributed by atoms with van der Waals surface area (Å²) >= 11 is 17.7. The Morgan fingerprint density at radius 3 is 1.23 bits per heavy atom. The highest BCUT2D eigenvalue weighted by molar-refractivity contribution is 7.64. The van der Waals surface area contributed by atoms with Crippen LogP contribution in [-0.4, -0.2) is 18.6 Å².